The number of sulfonamides is 1. The highest BCUT2D eigenvalue weighted by Gasteiger charge is 2.26. The van der Waals surface area contributed by atoms with E-state index < -0.39 is 10.0 Å². The Hall–Kier alpha value is -2.38. The number of anilines is 2. The Labute approximate surface area is 160 Å². The SMILES string of the molecule is Cc1ccc(N)cc1NC(=O)CCc1ccc(S(=O)(=O)N2CCCC2)cc1. The molecule has 0 atom stereocenters. The first kappa shape index (κ1) is 19.4. The average molecular weight is 388 g/mol. The maximum atomic E-state index is 12.5. The molecule has 1 fully saturated rings. The van der Waals surface area contributed by atoms with E-state index >= 15 is 0 Å². The van der Waals surface area contributed by atoms with E-state index in [0.29, 0.717) is 42.2 Å². The van der Waals surface area contributed by atoms with Crippen molar-refractivity contribution in [3.05, 3.63) is 53.6 Å². The van der Waals surface area contributed by atoms with E-state index in [2.05, 4.69) is 5.32 Å². The van der Waals surface area contributed by atoms with Crippen LogP contribution in [0, 0.1) is 6.92 Å². The summed E-state index contributed by atoms with van der Waals surface area (Å²) in [5.74, 6) is -0.0996. The van der Waals surface area contributed by atoms with Gasteiger partial charge in [-0.05, 0) is 61.6 Å². The topological polar surface area (TPSA) is 92.5 Å². The Kier molecular flexibility index (Phi) is 5.82. The first-order chi connectivity index (χ1) is 12.9. The molecular weight excluding hydrogens is 362 g/mol. The number of amides is 1. The zero-order valence-corrected chi connectivity index (χ0v) is 16.3. The van der Waals surface area contributed by atoms with Gasteiger partial charge in [0, 0.05) is 30.9 Å². The first-order valence-corrected chi connectivity index (χ1v) is 10.6. The Bertz CT molecular complexity index is 918. The second kappa shape index (κ2) is 8.10. The predicted octanol–water partition coefficient (Wildman–Crippen LogP) is 2.93. The fourth-order valence-electron chi connectivity index (χ4n) is 3.15. The maximum Gasteiger partial charge on any atom is 0.243 e. The van der Waals surface area contributed by atoms with Crippen molar-refractivity contribution < 1.29 is 13.2 Å². The van der Waals surface area contributed by atoms with Crippen molar-refractivity contribution in [1.82, 2.24) is 4.31 Å². The molecule has 27 heavy (non-hydrogen) atoms. The van der Waals surface area contributed by atoms with Gasteiger partial charge < -0.3 is 11.1 Å². The molecule has 0 radical (unpaired) electrons. The minimum atomic E-state index is -3.39. The first-order valence-electron chi connectivity index (χ1n) is 9.11. The highest BCUT2D eigenvalue weighted by molar-refractivity contribution is 7.89. The van der Waals surface area contributed by atoms with E-state index in [1.54, 1.807) is 36.4 Å². The number of nitrogen functional groups attached to an aromatic ring is 1. The summed E-state index contributed by atoms with van der Waals surface area (Å²) in [7, 11) is -3.39. The lowest BCUT2D eigenvalue weighted by Gasteiger charge is -2.15. The molecule has 2 aromatic rings. The summed E-state index contributed by atoms with van der Waals surface area (Å²) in [6.07, 6.45) is 2.68. The van der Waals surface area contributed by atoms with Gasteiger partial charge in [0.2, 0.25) is 15.9 Å². The summed E-state index contributed by atoms with van der Waals surface area (Å²) in [6.45, 7) is 3.09. The van der Waals surface area contributed by atoms with Gasteiger partial charge in [-0.25, -0.2) is 8.42 Å². The standard InChI is InChI=1S/C20H25N3O3S/c1-15-4-8-17(21)14-19(15)22-20(24)11-7-16-5-9-18(10-6-16)27(25,26)23-12-2-3-13-23/h4-6,8-10,14H,2-3,7,11-13,21H2,1H3,(H,22,24). The van der Waals surface area contributed by atoms with Crippen molar-refractivity contribution in [2.45, 2.75) is 37.5 Å². The van der Waals surface area contributed by atoms with Crippen LogP contribution in [-0.4, -0.2) is 31.7 Å². The molecule has 1 aliphatic heterocycles. The molecule has 1 amide bonds. The zero-order valence-electron chi connectivity index (χ0n) is 15.4. The van der Waals surface area contributed by atoms with E-state index in [1.165, 1.54) is 4.31 Å². The number of aryl methyl sites for hydroxylation is 2. The molecular formula is C20H25N3O3S. The van der Waals surface area contributed by atoms with Crippen LogP contribution in [0.25, 0.3) is 0 Å². The Balaban J connectivity index is 1.58. The van der Waals surface area contributed by atoms with Gasteiger partial charge in [0.25, 0.3) is 0 Å². The summed E-state index contributed by atoms with van der Waals surface area (Å²) in [5.41, 5.74) is 8.95. The predicted molar refractivity (Wildman–Crippen MR) is 107 cm³/mol. The number of carbonyl (C=O) groups excluding carboxylic acids is 1. The molecule has 1 saturated heterocycles. The van der Waals surface area contributed by atoms with Crippen molar-refractivity contribution in [1.29, 1.82) is 0 Å². The summed E-state index contributed by atoms with van der Waals surface area (Å²) in [6, 6.07) is 12.2. The normalized spacial score (nSPS) is 15.0. The number of rotatable bonds is 6. The highest BCUT2D eigenvalue weighted by atomic mass is 32.2. The van der Waals surface area contributed by atoms with Crippen molar-refractivity contribution in [2.75, 3.05) is 24.1 Å². The fourth-order valence-corrected chi connectivity index (χ4v) is 4.67. The molecule has 6 nitrogen and oxygen atoms in total. The van der Waals surface area contributed by atoms with Crippen molar-refractivity contribution in [3.63, 3.8) is 0 Å². The van der Waals surface area contributed by atoms with Gasteiger partial charge in [0.15, 0.2) is 0 Å². The zero-order chi connectivity index (χ0) is 19.4. The molecule has 0 bridgehead atoms. The van der Waals surface area contributed by atoms with Crippen LogP contribution in [-0.2, 0) is 21.2 Å². The van der Waals surface area contributed by atoms with Crippen molar-refractivity contribution in [2.24, 2.45) is 0 Å². The molecule has 3 rings (SSSR count). The monoisotopic (exact) mass is 387 g/mol. The summed E-state index contributed by atoms with van der Waals surface area (Å²) >= 11 is 0. The molecule has 144 valence electrons. The van der Waals surface area contributed by atoms with Crippen LogP contribution in [0.1, 0.15) is 30.4 Å². The van der Waals surface area contributed by atoms with Crippen LogP contribution in [0.15, 0.2) is 47.4 Å². The number of benzene rings is 2. The van der Waals surface area contributed by atoms with Crippen LogP contribution in [0.4, 0.5) is 11.4 Å². The van der Waals surface area contributed by atoms with E-state index in [1.807, 2.05) is 13.0 Å². The van der Waals surface area contributed by atoms with Crippen LogP contribution in [0.3, 0.4) is 0 Å². The lowest BCUT2D eigenvalue weighted by atomic mass is 10.1. The summed E-state index contributed by atoms with van der Waals surface area (Å²) in [5, 5.41) is 2.87. The molecule has 1 heterocycles. The molecule has 0 aromatic heterocycles. The Morgan fingerprint density at radius 3 is 2.44 bits per heavy atom. The highest BCUT2D eigenvalue weighted by Crippen LogP contribution is 2.22. The number of nitrogens with two attached hydrogens (primary N) is 1. The lowest BCUT2D eigenvalue weighted by molar-refractivity contribution is -0.116. The number of nitrogens with zero attached hydrogens (tertiary/aromatic N) is 1. The average Bonchev–Trinajstić information content (AvgIpc) is 3.19. The second-order valence-corrected chi connectivity index (χ2v) is 8.82. The maximum absolute atomic E-state index is 12.5. The molecule has 0 saturated carbocycles. The molecule has 0 spiro atoms. The number of carbonyl (C=O) groups is 1. The molecule has 3 N–H and O–H groups in total. The van der Waals surface area contributed by atoms with Gasteiger partial charge in [-0.15, -0.1) is 0 Å². The van der Waals surface area contributed by atoms with Crippen LogP contribution >= 0.6 is 0 Å². The van der Waals surface area contributed by atoms with Crippen LogP contribution < -0.4 is 11.1 Å². The van der Waals surface area contributed by atoms with Gasteiger partial charge in [0.05, 0.1) is 4.90 Å². The molecule has 7 heteroatoms. The third kappa shape index (κ3) is 4.67. The number of hydrogen-bond acceptors (Lipinski definition) is 4. The molecule has 1 aliphatic rings. The Morgan fingerprint density at radius 2 is 1.78 bits per heavy atom. The van der Waals surface area contributed by atoms with Crippen molar-refractivity contribution in [3.8, 4) is 0 Å². The summed E-state index contributed by atoms with van der Waals surface area (Å²) in [4.78, 5) is 12.5. The van der Waals surface area contributed by atoms with E-state index in [-0.39, 0.29) is 5.91 Å². The van der Waals surface area contributed by atoms with Gasteiger partial charge >= 0.3 is 0 Å². The largest absolute Gasteiger partial charge is 0.399 e. The lowest BCUT2D eigenvalue weighted by Crippen LogP contribution is -2.27. The third-order valence-corrected chi connectivity index (χ3v) is 6.72. The van der Waals surface area contributed by atoms with Gasteiger partial charge in [0.1, 0.15) is 0 Å². The molecule has 2 aromatic carbocycles. The molecule has 0 aliphatic carbocycles. The van der Waals surface area contributed by atoms with Crippen LogP contribution in [0.5, 0.6) is 0 Å². The minimum absolute atomic E-state index is 0.0996. The van der Waals surface area contributed by atoms with E-state index in [9.17, 15) is 13.2 Å². The second-order valence-electron chi connectivity index (χ2n) is 6.88. The van der Waals surface area contributed by atoms with Gasteiger partial charge in [-0.3, -0.25) is 4.79 Å². The smallest absolute Gasteiger partial charge is 0.243 e. The number of nitrogens with one attached hydrogen (secondary N) is 1. The fraction of sp³-hybridized carbons (Fsp3) is 0.350. The van der Waals surface area contributed by atoms with E-state index in [0.717, 1.165) is 24.0 Å². The Morgan fingerprint density at radius 1 is 1.11 bits per heavy atom. The minimum Gasteiger partial charge on any atom is -0.399 e. The van der Waals surface area contributed by atoms with Crippen molar-refractivity contribution >= 4 is 27.3 Å². The van der Waals surface area contributed by atoms with Gasteiger partial charge in [-0.1, -0.05) is 18.2 Å². The molecule has 0 unspecified atom stereocenters. The van der Waals surface area contributed by atoms with E-state index in [4.69, 9.17) is 5.73 Å². The van der Waals surface area contributed by atoms with Crippen LogP contribution in [0.2, 0.25) is 0 Å². The quantitative estimate of drug-likeness (QED) is 0.746. The third-order valence-electron chi connectivity index (χ3n) is 4.80. The van der Waals surface area contributed by atoms with Gasteiger partial charge in [-0.2, -0.15) is 4.31 Å². The summed E-state index contributed by atoms with van der Waals surface area (Å²) < 4.78 is 26.6. The number of hydrogen-bond donors (Lipinski definition) is 2.